The van der Waals surface area contributed by atoms with Crippen LogP contribution in [0.4, 0.5) is 11.4 Å². The number of ether oxygens (including phenoxy) is 1. The lowest BCUT2D eigenvalue weighted by Crippen LogP contribution is -2.30. The molecule has 1 unspecified atom stereocenters. The van der Waals surface area contributed by atoms with Crippen LogP contribution in [0.1, 0.15) is 25.8 Å². The Bertz CT molecular complexity index is 728. The average molecular weight is 326 g/mol. The van der Waals surface area contributed by atoms with Gasteiger partial charge in [-0.2, -0.15) is 0 Å². The van der Waals surface area contributed by atoms with Crippen molar-refractivity contribution in [2.75, 3.05) is 10.6 Å². The van der Waals surface area contributed by atoms with E-state index in [0.29, 0.717) is 23.5 Å². The topological polar surface area (TPSA) is 67.4 Å². The minimum absolute atomic E-state index is 0.0744. The van der Waals surface area contributed by atoms with Crippen molar-refractivity contribution in [2.45, 2.75) is 33.3 Å². The highest BCUT2D eigenvalue weighted by molar-refractivity contribution is 5.95. The SMILES string of the molecule is CCC(=O)Nc1cccc(NC(=O)C(C)Oc2cccc(C)c2)c1. The zero-order chi connectivity index (χ0) is 17.5. The van der Waals surface area contributed by atoms with Crippen molar-refractivity contribution in [1.29, 1.82) is 0 Å². The summed E-state index contributed by atoms with van der Waals surface area (Å²) in [7, 11) is 0. The van der Waals surface area contributed by atoms with Crippen LogP contribution in [0.25, 0.3) is 0 Å². The predicted molar refractivity (Wildman–Crippen MR) is 95.3 cm³/mol. The summed E-state index contributed by atoms with van der Waals surface area (Å²) in [6.45, 7) is 5.44. The number of carbonyl (C=O) groups excluding carboxylic acids is 2. The minimum atomic E-state index is -0.638. The number of aryl methyl sites for hydroxylation is 1. The van der Waals surface area contributed by atoms with Gasteiger partial charge in [0.2, 0.25) is 5.91 Å². The van der Waals surface area contributed by atoms with Gasteiger partial charge in [0.15, 0.2) is 6.10 Å². The molecule has 5 heteroatoms. The van der Waals surface area contributed by atoms with Gasteiger partial charge in [0.25, 0.3) is 5.91 Å². The highest BCUT2D eigenvalue weighted by Gasteiger charge is 2.15. The molecule has 0 bridgehead atoms. The van der Waals surface area contributed by atoms with Crippen LogP contribution in [-0.2, 0) is 9.59 Å². The van der Waals surface area contributed by atoms with Crippen LogP contribution in [0.3, 0.4) is 0 Å². The van der Waals surface area contributed by atoms with E-state index in [4.69, 9.17) is 4.74 Å². The molecule has 0 aliphatic heterocycles. The molecule has 0 aliphatic rings. The molecule has 2 N–H and O–H groups in total. The summed E-state index contributed by atoms with van der Waals surface area (Å²) in [6, 6.07) is 14.6. The van der Waals surface area contributed by atoms with Crippen molar-refractivity contribution in [3.8, 4) is 5.75 Å². The largest absolute Gasteiger partial charge is 0.481 e. The number of rotatable bonds is 6. The standard InChI is InChI=1S/C19H22N2O3/c1-4-18(22)20-15-8-6-9-16(12-15)21-19(23)14(3)24-17-10-5-7-13(2)11-17/h5-12,14H,4H2,1-3H3,(H,20,22)(H,21,23). The van der Waals surface area contributed by atoms with Gasteiger partial charge in [-0.1, -0.05) is 25.1 Å². The Kier molecular flexibility index (Phi) is 5.95. The van der Waals surface area contributed by atoms with Crippen molar-refractivity contribution < 1.29 is 14.3 Å². The van der Waals surface area contributed by atoms with Gasteiger partial charge in [0.05, 0.1) is 0 Å². The maximum atomic E-state index is 12.3. The molecule has 2 aromatic rings. The van der Waals surface area contributed by atoms with E-state index in [1.54, 1.807) is 38.1 Å². The van der Waals surface area contributed by atoms with E-state index in [-0.39, 0.29) is 11.8 Å². The third kappa shape index (κ3) is 5.12. The summed E-state index contributed by atoms with van der Waals surface area (Å²) in [4.78, 5) is 23.7. The van der Waals surface area contributed by atoms with E-state index in [1.165, 1.54) is 0 Å². The lowest BCUT2D eigenvalue weighted by molar-refractivity contribution is -0.122. The van der Waals surface area contributed by atoms with Crippen molar-refractivity contribution >= 4 is 23.2 Å². The molecule has 0 spiro atoms. The molecule has 0 saturated heterocycles. The van der Waals surface area contributed by atoms with Gasteiger partial charge in [0, 0.05) is 17.8 Å². The highest BCUT2D eigenvalue weighted by atomic mass is 16.5. The second kappa shape index (κ2) is 8.15. The number of hydrogen-bond donors (Lipinski definition) is 2. The molecule has 2 aromatic carbocycles. The molecule has 24 heavy (non-hydrogen) atoms. The fraction of sp³-hybridized carbons (Fsp3) is 0.263. The zero-order valence-electron chi connectivity index (χ0n) is 14.1. The molecule has 2 rings (SSSR count). The van der Waals surface area contributed by atoms with Gasteiger partial charge in [-0.05, 0) is 49.7 Å². The van der Waals surface area contributed by atoms with Crippen LogP contribution in [0.15, 0.2) is 48.5 Å². The van der Waals surface area contributed by atoms with Gasteiger partial charge < -0.3 is 15.4 Å². The van der Waals surface area contributed by atoms with Crippen LogP contribution in [0, 0.1) is 6.92 Å². The smallest absolute Gasteiger partial charge is 0.265 e. The Morgan fingerprint density at radius 3 is 2.38 bits per heavy atom. The summed E-state index contributed by atoms with van der Waals surface area (Å²) in [5.74, 6) is 0.326. The van der Waals surface area contributed by atoms with Gasteiger partial charge in [-0.25, -0.2) is 0 Å². The number of carbonyl (C=O) groups is 2. The second-order valence-electron chi connectivity index (χ2n) is 5.55. The van der Waals surface area contributed by atoms with Crippen molar-refractivity contribution in [3.05, 3.63) is 54.1 Å². The molecule has 1 atom stereocenters. The maximum absolute atomic E-state index is 12.3. The third-order valence-electron chi connectivity index (χ3n) is 3.41. The Morgan fingerprint density at radius 2 is 1.71 bits per heavy atom. The van der Waals surface area contributed by atoms with E-state index in [0.717, 1.165) is 5.56 Å². The molecule has 0 radical (unpaired) electrons. The van der Waals surface area contributed by atoms with Crippen LogP contribution < -0.4 is 15.4 Å². The Morgan fingerprint density at radius 1 is 1.04 bits per heavy atom. The molecule has 0 aromatic heterocycles. The van der Waals surface area contributed by atoms with Crippen LogP contribution >= 0.6 is 0 Å². The quantitative estimate of drug-likeness (QED) is 0.849. The molecule has 2 amide bonds. The third-order valence-corrected chi connectivity index (χ3v) is 3.41. The Hall–Kier alpha value is -2.82. The van der Waals surface area contributed by atoms with E-state index < -0.39 is 6.10 Å². The maximum Gasteiger partial charge on any atom is 0.265 e. The first-order chi connectivity index (χ1) is 11.5. The van der Waals surface area contributed by atoms with E-state index in [9.17, 15) is 9.59 Å². The van der Waals surface area contributed by atoms with Gasteiger partial charge in [-0.15, -0.1) is 0 Å². The molecule has 0 heterocycles. The van der Waals surface area contributed by atoms with Gasteiger partial charge in [0.1, 0.15) is 5.75 Å². The first-order valence-electron chi connectivity index (χ1n) is 7.92. The molecule has 0 saturated carbocycles. The van der Waals surface area contributed by atoms with Gasteiger partial charge in [-0.3, -0.25) is 9.59 Å². The molecule has 0 aliphatic carbocycles. The van der Waals surface area contributed by atoms with Crippen LogP contribution in [-0.4, -0.2) is 17.9 Å². The molecule has 5 nitrogen and oxygen atoms in total. The monoisotopic (exact) mass is 326 g/mol. The molecule has 126 valence electrons. The lowest BCUT2D eigenvalue weighted by atomic mass is 10.2. The number of amides is 2. The van der Waals surface area contributed by atoms with E-state index in [1.807, 2.05) is 31.2 Å². The summed E-state index contributed by atoms with van der Waals surface area (Å²) >= 11 is 0. The summed E-state index contributed by atoms with van der Waals surface area (Å²) < 4.78 is 5.66. The molecular formula is C19H22N2O3. The van der Waals surface area contributed by atoms with Gasteiger partial charge >= 0.3 is 0 Å². The first kappa shape index (κ1) is 17.5. The summed E-state index contributed by atoms with van der Waals surface area (Å²) in [5.41, 5.74) is 2.32. The first-order valence-corrected chi connectivity index (χ1v) is 7.92. The predicted octanol–water partition coefficient (Wildman–Crippen LogP) is 3.75. The zero-order valence-corrected chi connectivity index (χ0v) is 14.1. The highest BCUT2D eigenvalue weighted by Crippen LogP contribution is 2.17. The number of nitrogens with one attached hydrogen (secondary N) is 2. The normalized spacial score (nSPS) is 11.5. The fourth-order valence-corrected chi connectivity index (χ4v) is 2.11. The molecule has 0 fully saturated rings. The van der Waals surface area contributed by atoms with Crippen LogP contribution in [0.2, 0.25) is 0 Å². The molecular weight excluding hydrogens is 304 g/mol. The Labute approximate surface area is 142 Å². The van der Waals surface area contributed by atoms with Crippen molar-refractivity contribution in [1.82, 2.24) is 0 Å². The number of hydrogen-bond acceptors (Lipinski definition) is 3. The summed E-state index contributed by atoms with van der Waals surface area (Å²) in [6.07, 6.45) is -0.238. The van der Waals surface area contributed by atoms with Crippen molar-refractivity contribution in [3.63, 3.8) is 0 Å². The van der Waals surface area contributed by atoms with E-state index in [2.05, 4.69) is 10.6 Å². The fourth-order valence-electron chi connectivity index (χ4n) is 2.11. The minimum Gasteiger partial charge on any atom is -0.481 e. The Balaban J connectivity index is 1.98. The number of anilines is 2. The van der Waals surface area contributed by atoms with Crippen molar-refractivity contribution in [2.24, 2.45) is 0 Å². The number of benzene rings is 2. The van der Waals surface area contributed by atoms with Crippen LogP contribution in [0.5, 0.6) is 5.75 Å². The average Bonchev–Trinajstić information content (AvgIpc) is 2.55. The lowest BCUT2D eigenvalue weighted by Gasteiger charge is -2.15. The van der Waals surface area contributed by atoms with E-state index >= 15 is 0 Å². The summed E-state index contributed by atoms with van der Waals surface area (Å²) in [5, 5.41) is 5.55. The second-order valence-corrected chi connectivity index (χ2v) is 5.55.